The van der Waals surface area contributed by atoms with Crippen molar-refractivity contribution >= 4 is 35.0 Å². The first-order valence-electron chi connectivity index (χ1n) is 10.0. The van der Waals surface area contributed by atoms with E-state index in [1.165, 1.54) is 11.8 Å². The number of anilines is 1. The highest BCUT2D eigenvalue weighted by Gasteiger charge is 2.21. The number of aryl methyl sites for hydroxylation is 1. The Bertz CT molecular complexity index is 1330. The van der Waals surface area contributed by atoms with Crippen LogP contribution in [0.1, 0.15) is 33.1 Å². The minimum Gasteiger partial charge on any atom is -0.461 e. The second-order valence-corrected chi connectivity index (χ2v) is 8.36. The Hall–Kier alpha value is -3.60. The largest absolute Gasteiger partial charge is 0.461 e. The van der Waals surface area contributed by atoms with Gasteiger partial charge in [-0.2, -0.15) is 5.26 Å². The number of benzene rings is 2. The number of nitrogens with zero attached hydrogens (tertiary/aromatic N) is 3. The Kier molecular flexibility index (Phi) is 6.78. The fourth-order valence-corrected chi connectivity index (χ4v) is 4.39. The predicted octanol–water partition coefficient (Wildman–Crippen LogP) is 6.33. The van der Waals surface area contributed by atoms with Crippen LogP contribution in [0.15, 0.2) is 76.4 Å². The predicted molar refractivity (Wildman–Crippen MR) is 130 cm³/mol. The number of thioether (sulfide) groups is 1. The Labute approximate surface area is 200 Å². The second kappa shape index (κ2) is 9.90. The van der Waals surface area contributed by atoms with E-state index in [0.717, 1.165) is 5.56 Å². The van der Waals surface area contributed by atoms with Crippen molar-refractivity contribution in [3.63, 3.8) is 0 Å². The van der Waals surface area contributed by atoms with E-state index in [1.54, 1.807) is 43.5 Å². The summed E-state index contributed by atoms with van der Waals surface area (Å²) >= 11 is 7.86. The van der Waals surface area contributed by atoms with Gasteiger partial charge in [-0.3, -0.25) is 4.79 Å². The molecule has 1 atom stereocenters. The van der Waals surface area contributed by atoms with Crippen molar-refractivity contribution in [2.75, 3.05) is 11.6 Å². The third-order valence-electron chi connectivity index (χ3n) is 5.05. The molecule has 4 rings (SSSR count). The average molecular weight is 475 g/mol. The molecule has 2 aromatic carbocycles. The average Bonchev–Trinajstić information content (AvgIpc) is 3.36. The number of furan rings is 1. The van der Waals surface area contributed by atoms with Gasteiger partial charge in [0.2, 0.25) is 0 Å². The quantitative estimate of drug-likeness (QED) is 0.259. The van der Waals surface area contributed by atoms with Crippen molar-refractivity contribution in [1.29, 1.82) is 5.26 Å². The van der Waals surface area contributed by atoms with E-state index in [0.29, 0.717) is 44.1 Å². The number of hydrogen-bond donors (Lipinski definition) is 1. The Balaban J connectivity index is 1.60. The molecular formula is C25H19ClN4O2S. The number of carbonyl (C=O) groups is 1. The van der Waals surface area contributed by atoms with E-state index in [9.17, 15) is 10.1 Å². The number of hydrogen-bond acceptors (Lipinski definition) is 6. The molecule has 164 valence electrons. The van der Waals surface area contributed by atoms with Gasteiger partial charge < -0.3 is 9.73 Å². The lowest BCUT2D eigenvalue weighted by Crippen LogP contribution is -2.17. The summed E-state index contributed by atoms with van der Waals surface area (Å²) in [6.07, 6.45) is 3.40. The SMILES string of the molecule is CSc1nc(-c2ccco2)nc(C)c1C(=O)Nc1ccc(C(C#N)c2ccccc2)c(Cl)c1. The number of rotatable bonds is 6. The lowest BCUT2D eigenvalue weighted by molar-refractivity contribution is 0.102. The van der Waals surface area contributed by atoms with Gasteiger partial charge >= 0.3 is 0 Å². The molecule has 0 saturated carbocycles. The van der Waals surface area contributed by atoms with E-state index in [2.05, 4.69) is 21.4 Å². The van der Waals surface area contributed by atoms with Crippen molar-refractivity contribution in [2.24, 2.45) is 0 Å². The smallest absolute Gasteiger partial charge is 0.260 e. The van der Waals surface area contributed by atoms with Gasteiger partial charge in [0, 0.05) is 10.7 Å². The Morgan fingerprint density at radius 1 is 1.15 bits per heavy atom. The van der Waals surface area contributed by atoms with Crippen LogP contribution in [0.25, 0.3) is 11.6 Å². The van der Waals surface area contributed by atoms with Gasteiger partial charge in [-0.15, -0.1) is 11.8 Å². The summed E-state index contributed by atoms with van der Waals surface area (Å²) in [6.45, 7) is 1.76. The molecule has 0 fully saturated rings. The summed E-state index contributed by atoms with van der Waals surface area (Å²) in [5, 5.41) is 13.5. The van der Waals surface area contributed by atoms with Crippen LogP contribution >= 0.6 is 23.4 Å². The number of carbonyl (C=O) groups excluding carboxylic acids is 1. The number of nitriles is 1. The topological polar surface area (TPSA) is 91.8 Å². The van der Waals surface area contributed by atoms with Crippen LogP contribution < -0.4 is 5.32 Å². The van der Waals surface area contributed by atoms with Crippen molar-refractivity contribution in [3.05, 3.63) is 94.3 Å². The molecule has 6 nitrogen and oxygen atoms in total. The van der Waals surface area contributed by atoms with E-state index in [4.69, 9.17) is 16.0 Å². The third kappa shape index (κ3) is 4.77. The molecule has 2 heterocycles. The molecule has 0 bridgehead atoms. The molecule has 33 heavy (non-hydrogen) atoms. The summed E-state index contributed by atoms with van der Waals surface area (Å²) in [5.41, 5.74) is 2.97. The van der Waals surface area contributed by atoms with E-state index in [-0.39, 0.29) is 5.91 Å². The van der Waals surface area contributed by atoms with Gasteiger partial charge in [-0.25, -0.2) is 9.97 Å². The van der Waals surface area contributed by atoms with Gasteiger partial charge in [0.05, 0.1) is 29.5 Å². The fourth-order valence-electron chi connectivity index (χ4n) is 3.47. The zero-order chi connectivity index (χ0) is 23.4. The lowest BCUT2D eigenvalue weighted by Gasteiger charge is -2.15. The molecule has 0 radical (unpaired) electrons. The van der Waals surface area contributed by atoms with Crippen molar-refractivity contribution in [3.8, 4) is 17.7 Å². The number of amides is 1. The van der Waals surface area contributed by atoms with Crippen LogP contribution in [0, 0.1) is 18.3 Å². The zero-order valence-corrected chi connectivity index (χ0v) is 19.4. The van der Waals surface area contributed by atoms with Crippen LogP contribution in [-0.4, -0.2) is 22.1 Å². The molecule has 8 heteroatoms. The van der Waals surface area contributed by atoms with Crippen LogP contribution in [0.2, 0.25) is 5.02 Å². The lowest BCUT2D eigenvalue weighted by atomic mass is 9.92. The van der Waals surface area contributed by atoms with Crippen LogP contribution in [0.4, 0.5) is 5.69 Å². The molecule has 0 aliphatic heterocycles. The molecular weight excluding hydrogens is 456 g/mol. The first-order chi connectivity index (χ1) is 16.0. The maximum Gasteiger partial charge on any atom is 0.260 e. The maximum atomic E-state index is 13.1. The molecule has 0 aliphatic rings. The normalized spacial score (nSPS) is 11.6. The molecule has 0 spiro atoms. The highest BCUT2D eigenvalue weighted by atomic mass is 35.5. The van der Waals surface area contributed by atoms with Crippen LogP contribution in [-0.2, 0) is 0 Å². The molecule has 4 aromatic rings. The van der Waals surface area contributed by atoms with Crippen molar-refractivity contribution < 1.29 is 9.21 Å². The maximum absolute atomic E-state index is 13.1. The van der Waals surface area contributed by atoms with Gasteiger partial charge in [0.1, 0.15) is 5.03 Å². The Morgan fingerprint density at radius 2 is 1.94 bits per heavy atom. The monoisotopic (exact) mass is 474 g/mol. The van der Waals surface area contributed by atoms with E-state index < -0.39 is 5.92 Å². The van der Waals surface area contributed by atoms with Gasteiger partial charge in [0.15, 0.2) is 11.6 Å². The van der Waals surface area contributed by atoms with Crippen LogP contribution in [0.3, 0.4) is 0 Å². The van der Waals surface area contributed by atoms with Crippen LogP contribution in [0.5, 0.6) is 0 Å². The molecule has 0 aliphatic carbocycles. The first-order valence-corrected chi connectivity index (χ1v) is 11.6. The molecule has 1 unspecified atom stereocenters. The standard InChI is InChI=1S/C25H19ClN4O2S/c1-15-22(25(33-2)30-23(28-15)21-9-6-12-32-21)24(31)29-17-10-11-18(20(26)13-17)19(14-27)16-7-4-3-5-8-16/h3-13,19H,1-2H3,(H,29,31). The van der Waals surface area contributed by atoms with Crippen molar-refractivity contribution in [2.45, 2.75) is 17.9 Å². The highest BCUT2D eigenvalue weighted by molar-refractivity contribution is 7.98. The fraction of sp³-hybridized carbons (Fsp3) is 0.120. The summed E-state index contributed by atoms with van der Waals surface area (Å²) in [4.78, 5) is 22.0. The zero-order valence-electron chi connectivity index (χ0n) is 17.9. The highest BCUT2D eigenvalue weighted by Crippen LogP contribution is 2.32. The molecule has 1 N–H and O–H groups in total. The third-order valence-corrected chi connectivity index (χ3v) is 6.06. The molecule has 1 amide bonds. The molecule has 0 saturated heterocycles. The minimum atomic E-state index is -0.503. The van der Waals surface area contributed by atoms with Gasteiger partial charge in [0.25, 0.3) is 5.91 Å². The summed E-state index contributed by atoms with van der Waals surface area (Å²) < 4.78 is 5.38. The number of nitrogens with one attached hydrogen (secondary N) is 1. The minimum absolute atomic E-state index is 0.341. The van der Waals surface area contributed by atoms with E-state index in [1.807, 2.05) is 36.6 Å². The van der Waals surface area contributed by atoms with Crippen molar-refractivity contribution in [1.82, 2.24) is 9.97 Å². The number of aromatic nitrogens is 2. The van der Waals surface area contributed by atoms with Gasteiger partial charge in [-0.05, 0) is 48.6 Å². The van der Waals surface area contributed by atoms with E-state index >= 15 is 0 Å². The Morgan fingerprint density at radius 3 is 2.58 bits per heavy atom. The first kappa shape index (κ1) is 22.6. The van der Waals surface area contributed by atoms with Gasteiger partial charge in [-0.1, -0.05) is 48.0 Å². The molecule has 2 aromatic heterocycles. The second-order valence-electron chi connectivity index (χ2n) is 7.16. The summed E-state index contributed by atoms with van der Waals surface area (Å²) in [6, 6.07) is 20.4. The summed E-state index contributed by atoms with van der Waals surface area (Å²) in [7, 11) is 0. The number of halogens is 1. The summed E-state index contributed by atoms with van der Waals surface area (Å²) in [5.74, 6) is 0.116.